The van der Waals surface area contributed by atoms with Gasteiger partial charge < -0.3 is 14.5 Å². The second-order valence-corrected chi connectivity index (χ2v) is 10.1. The average molecular weight is 443 g/mol. The van der Waals surface area contributed by atoms with Gasteiger partial charge in [-0.3, -0.25) is 9.59 Å². The van der Waals surface area contributed by atoms with Crippen molar-refractivity contribution in [3.05, 3.63) is 23.8 Å². The van der Waals surface area contributed by atoms with Crippen molar-refractivity contribution in [2.24, 2.45) is 5.92 Å². The van der Waals surface area contributed by atoms with Gasteiger partial charge in [-0.2, -0.15) is 0 Å². The van der Waals surface area contributed by atoms with Crippen molar-refractivity contribution < 1.29 is 14.3 Å². The molecule has 0 bridgehead atoms. The number of carbonyl (C=O) groups excluding carboxylic acids is 2. The maximum Gasteiger partial charge on any atom is 0.272 e. The number of aromatic nitrogens is 2. The summed E-state index contributed by atoms with van der Waals surface area (Å²) < 4.78 is 6.28. The minimum absolute atomic E-state index is 0.0389. The summed E-state index contributed by atoms with van der Waals surface area (Å²) in [5.74, 6) is 1.83. The van der Waals surface area contributed by atoms with Crippen LogP contribution in [-0.4, -0.2) is 70.0 Å². The molecule has 0 atom stereocenters. The van der Waals surface area contributed by atoms with Crippen LogP contribution in [0.15, 0.2) is 12.3 Å². The number of amides is 2. The van der Waals surface area contributed by atoms with E-state index in [0.29, 0.717) is 44.2 Å². The van der Waals surface area contributed by atoms with E-state index in [1.807, 2.05) is 18.7 Å². The predicted molar refractivity (Wildman–Crippen MR) is 122 cm³/mol. The summed E-state index contributed by atoms with van der Waals surface area (Å²) in [5.41, 5.74) is 0.135. The first-order chi connectivity index (χ1) is 15.5. The molecule has 7 heteroatoms. The first kappa shape index (κ1) is 23.1. The van der Waals surface area contributed by atoms with E-state index in [9.17, 15) is 9.59 Å². The third-order valence-electron chi connectivity index (χ3n) is 7.46. The van der Waals surface area contributed by atoms with E-state index in [4.69, 9.17) is 4.74 Å². The van der Waals surface area contributed by atoms with Gasteiger partial charge in [0.15, 0.2) is 0 Å². The third kappa shape index (κ3) is 5.48. The van der Waals surface area contributed by atoms with E-state index < -0.39 is 0 Å². The highest BCUT2D eigenvalue weighted by atomic mass is 16.5. The first-order valence-electron chi connectivity index (χ1n) is 12.5. The van der Waals surface area contributed by atoms with Gasteiger partial charge in [0.25, 0.3) is 5.91 Å². The van der Waals surface area contributed by atoms with Crippen LogP contribution in [0.3, 0.4) is 0 Å². The van der Waals surface area contributed by atoms with Crippen molar-refractivity contribution in [3.8, 4) is 0 Å². The van der Waals surface area contributed by atoms with Crippen LogP contribution >= 0.6 is 0 Å². The summed E-state index contributed by atoms with van der Waals surface area (Å²) in [5, 5.41) is 0. The Balaban J connectivity index is 1.36. The van der Waals surface area contributed by atoms with Gasteiger partial charge in [0, 0.05) is 38.3 Å². The highest BCUT2D eigenvalue weighted by Crippen LogP contribution is 2.32. The zero-order valence-corrected chi connectivity index (χ0v) is 19.7. The van der Waals surface area contributed by atoms with Crippen molar-refractivity contribution in [1.29, 1.82) is 0 Å². The molecule has 1 saturated carbocycles. The molecule has 0 unspecified atom stereocenters. The highest BCUT2D eigenvalue weighted by Gasteiger charge is 2.41. The first-order valence-corrected chi connectivity index (χ1v) is 12.5. The number of carbonyl (C=O) groups is 2. The van der Waals surface area contributed by atoms with Crippen molar-refractivity contribution in [2.75, 3.05) is 32.8 Å². The molecule has 0 N–H and O–H groups in total. The fourth-order valence-corrected chi connectivity index (χ4v) is 5.37. The summed E-state index contributed by atoms with van der Waals surface area (Å²) in [7, 11) is 0. The summed E-state index contributed by atoms with van der Waals surface area (Å²) in [6.07, 6.45) is 11.4. The van der Waals surface area contributed by atoms with Crippen LogP contribution in [0.25, 0.3) is 0 Å². The number of hydrogen-bond acceptors (Lipinski definition) is 5. The number of likely N-dealkylation sites (tertiary alicyclic amines) is 1. The molecule has 176 valence electrons. The summed E-state index contributed by atoms with van der Waals surface area (Å²) in [4.78, 5) is 38.4. The van der Waals surface area contributed by atoms with Crippen LogP contribution in [0, 0.1) is 5.92 Å². The number of hydrogen-bond donors (Lipinski definition) is 0. The number of nitrogens with zero attached hydrogens (tertiary/aromatic N) is 4. The Morgan fingerprint density at radius 1 is 1.22 bits per heavy atom. The summed E-state index contributed by atoms with van der Waals surface area (Å²) in [6.45, 7) is 7.30. The van der Waals surface area contributed by atoms with E-state index in [0.717, 1.165) is 31.7 Å². The van der Waals surface area contributed by atoms with Gasteiger partial charge in [0.05, 0.1) is 18.6 Å². The molecule has 2 saturated heterocycles. The third-order valence-corrected chi connectivity index (χ3v) is 7.46. The number of ether oxygens (including phenoxy) is 1. The second kappa shape index (κ2) is 10.3. The lowest BCUT2D eigenvalue weighted by atomic mass is 9.86. The Morgan fingerprint density at radius 3 is 2.69 bits per heavy atom. The van der Waals surface area contributed by atoms with Gasteiger partial charge in [-0.1, -0.05) is 46.0 Å². The second-order valence-electron chi connectivity index (χ2n) is 10.1. The Kier molecular flexibility index (Phi) is 7.44. The van der Waals surface area contributed by atoms with Gasteiger partial charge in [-0.15, -0.1) is 0 Å². The predicted octanol–water partition coefficient (Wildman–Crippen LogP) is 3.79. The molecule has 32 heavy (non-hydrogen) atoms. The standard InChI is InChI=1S/C25H38N4O3/c1-19(2)23-26-13-8-21(27-23)24(31)28-15-11-25(12-16-28)18-29(22(30)10-17-32-25)14-9-20-6-4-3-5-7-20/h8,13,19-20H,3-7,9-12,14-18H2,1-2H3. The minimum atomic E-state index is -0.329. The van der Waals surface area contributed by atoms with Crippen LogP contribution in [-0.2, 0) is 9.53 Å². The molecule has 1 spiro atoms. The van der Waals surface area contributed by atoms with Gasteiger partial charge in [-0.05, 0) is 31.2 Å². The fraction of sp³-hybridized carbons (Fsp3) is 0.760. The minimum Gasteiger partial charge on any atom is -0.372 e. The quantitative estimate of drug-likeness (QED) is 0.693. The molecule has 2 amide bonds. The van der Waals surface area contributed by atoms with Crippen LogP contribution in [0.1, 0.15) is 93.9 Å². The van der Waals surface area contributed by atoms with E-state index in [2.05, 4.69) is 14.9 Å². The van der Waals surface area contributed by atoms with Gasteiger partial charge in [0.1, 0.15) is 11.5 Å². The fourth-order valence-electron chi connectivity index (χ4n) is 5.37. The maximum atomic E-state index is 13.0. The van der Waals surface area contributed by atoms with E-state index >= 15 is 0 Å². The molecule has 0 aromatic carbocycles. The van der Waals surface area contributed by atoms with Gasteiger partial charge >= 0.3 is 0 Å². The van der Waals surface area contributed by atoms with Crippen LogP contribution in [0.5, 0.6) is 0 Å². The SMILES string of the molecule is CC(C)c1nccc(C(=O)N2CCC3(CC2)CN(CCC2CCCCC2)C(=O)CCO3)n1. The molecule has 1 aromatic heterocycles. The molecule has 2 aliphatic heterocycles. The normalized spacial score (nSPS) is 22.4. The Labute approximate surface area is 191 Å². The van der Waals surface area contributed by atoms with E-state index in [1.54, 1.807) is 12.3 Å². The lowest BCUT2D eigenvalue weighted by Gasteiger charge is -2.42. The number of piperidine rings is 1. The Morgan fingerprint density at radius 2 is 1.97 bits per heavy atom. The molecule has 7 nitrogen and oxygen atoms in total. The topological polar surface area (TPSA) is 75.6 Å². The molecule has 0 radical (unpaired) electrons. The largest absolute Gasteiger partial charge is 0.372 e. The molecule has 1 aliphatic carbocycles. The molecule has 3 heterocycles. The average Bonchev–Trinajstić information content (AvgIpc) is 2.97. The van der Waals surface area contributed by atoms with Crippen LogP contribution in [0.2, 0.25) is 0 Å². The Bertz CT molecular complexity index is 798. The molecule has 1 aromatic rings. The van der Waals surface area contributed by atoms with Crippen LogP contribution < -0.4 is 0 Å². The van der Waals surface area contributed by atoms with Crippen molar-refractivity contribution in [2.45, 2.75) is 83.2 Å². The molecular formula is C25H38N4O3. The summed E-state index contributed by atoms with van der Waals surface area (Å²) in [6, 6.07) is 1.70. The monoisotopic (exact) mass is 442 g/mol. The zero-order chi connectivity index (χ0) is 22.6. The van der Waals surface area contributed by atoms with E-state index in [1.165, 1.54) is 32.1 Å². The van der Waals surface area contributed by atoms with Gasteiger partial charge in [0.2, 0.25) is 5.91 Å². The van der Waals surface area contributed by atoms with Crippen molar-refractivity contribution in [1.82, 2.24) is 19.8 Å². The van der Waals surface area contributed by atoms with E-state index in [-0.39, 0.29) is 23.3 Å². The smallest absolute Gasteiger partial charge is 0.272 e. The molecule has 3 aliphatic rings. The highest BCUT2D eigenvalue weighted by molar-refractivity contribution is 5.92. The lowest BCUT2D eigenvalue weighted by molar-refractivity contribution is -0.132. The summed E-state index contributed by atoms with van der Waals surface area (Å²) >= 11 is 0. The maximum absolute atomic E-state index is 13.0. The van der Waals surface area contributed by atoms with Gasteiger partial charge in [-0.25, -0.2) is 9.97 Å². The number of rotatable bonds is 5. The molecular weight excluding hydrogens is 404 g/mol. The molecule has 3 fully saturated rings. The molecule has 4 rings (SSSR count). The van der Waals surface area contributed by atoms with Crippen molar-refractivity contribution in [3.63, 3.8) is 0 Å². The zero-order valence-electron chi connectivity index (χ0n) is 19.7. The Hall–Kier alpha value is -2.02. The van der Waals surface area contributed by atoms with Crippen molar-refractivity contribution >= 4 is 11.8 Å². The van der Waals surface area contributed by atoms with Crippen LogP contribution in [0.4, 0.5) is 0 Å². The lowest BCUT2D eigenvalue weighted by Crippen LogP contribution is -2.53.